The van der Waals surface area contributed by atoms with Crippen LogP contribution in [0, 0.1) is 0 Å². The average molecular weight is 319 g/mol. The number of hydrogen-bond donors (Lipinski definition) is 3. The summed E-state index contributed by atoms with van der Waals surface area (Å²) in [4.78, 5) is 0. The Kier molecular flexibility index (Phi) is 4.24. The van der Waals surface area contributed by atoms with Gasteiger partial charge in [0.05, 0.1) is 13.7 Å². The number of halogens is 1. The zero-order valence-corrected chi connectivity index (χ0v) is 11.4. The summed E-state index contributed by atoms with van der Waals surface area (Å²) in [7, 11) is 1.52. The first-order valence-corrected chi connectivity index (χ1v) is 6.33. The van der Waals surface area contributed by atoms with E-state index in [0.29, 0.717) is 11.3 Å². The second-order valence-corrected chi connectivity index (χ2v) is 5.06. The molecule has 0 saturated carbocycles. The zero-order chi connectivity index (χ0) is 13.3. The molecule has 1 unspecified atom stereocenters. The van der Waals surface area contributed by atoms with E-state index < -0.39 is 24.4 Å². The minimum Gasteiger partial charge on any atom is -0.496 e. The summed E-state index contributed by atoms with van der Waals surface area (Å²) >= 11 is 3.33. The molecule has 4 atom stereocenters. The highest BCUT2D eigenvalue weighted by atomic mass is 79.9. The molecule has 1 aliphatic heterocycles. The van der Waals surface area contributed by atoms with E-state index in [1.54, 1.807) is 18.2 Å². The molecule has 1 aromatic rings. The molecule has 0 bridgehead atoms. The molecule has 0 amide bonds. The van der Waals surface area contributed by atoms with Crippen molar-refractivity contribution in [3.8, 4) is 5.75 Å². The molecule has 0 radical (unpaired) electrons. The highest BCUT2D eigenvalue weighted by Gasteiger charge is 2.43. The lowest BCUT2D eigenvalue weighted by molar-refractivity contribution is -0.0233. The van der Waals surface area contributed by atoms with Gasteiger partial charge in [0.15, 0.2) is 0 Å². The topological polar surface area (TPSA) is 79.2 Å². The molecule has 0 aromatic heterocycles. The van der Waals surface area contributed by atoms with Crippen LogP contribution in [0.25, 0.3) is 0 Å². The number of ether oxygens (including phenoxy) is 2. The molecule has 2 rings (SSSR count). The van der Waals surface area contributed by atoms with Gasteiger partial charge in [-0.25, -0.2) is 0 Å². The summed E-state index contributed by atoms with van der Waals surface area (Å²) in [6.07, 6.45) is -3.68. The van der Waals surface area contributed by atoms with E-state index in [0.717, 1.165) is 4.47 Å². The van der Waals surface area contributed by atoms with Crippen LogP contribution in [0.2, 0.25) is 0 Å². The van der Waals surface area contributed by atoms with E-state index >= 15 is 0 Å². The monoisotopic (exact) mass is 318 g/mol. The van der Waals surface area contributed by atoms with Gasteiger partial charge in [-0.2, -0.15) is 0 Å². The molecule has 1 aliphatic rings. The van der Waals surface area contributed by atoms with E-state index in [1.165, 1.54) is 7.11 Å². The predicted molar refractivity (Wildman–Crippen MR) is 67.4 cm³/mol. The lowest BCUT2D eigenvalue weighted by Crippen LogP contribution is -2.32. The second kappa shape index (κ2) is 5.54. The summed E-state index contributed by atoms with van der Waals surface area (Å²) in [5, 5.41) is 28.7. The van der Waals surface area contributed by atoms with Gasteiger partial charge in [0.2, 0.25) is 0 Å². The van der Waals surface area contributed by atoms with Crippen molar-refractivity contribution in [3.63, 3.8) is 0 Å². The van der Waals surface area contributed by atoms with E-state index in [-0.39, 0.29) is 6.61 Å². The van der Waals surface area contributed by atoms with Gasteiger partial charge in [-0.1, -0.05) is 22.0 Å². The molecule has 5 nitrogen and oxygen atoms in total. The molecule has 3 N–H and O–H groups in total. The summed E-state index contributed by atoms with van der Waals surface area (Å²) in [6, 6.07) is 5.31. The Morgan fingerprint density at radius 3 is 2.61 bits per heavy atom. The molecule has 1 heterocycles. The normalized spacial score (nSPS) is 31.6. The van der Waals surface area contributed by atoms with Crippen molar-refractivity contribution < 1.29 is 24.8 Å². The maximum atomic E-state index is 9.95. The van der Waals surface area contributed by atoms with Crippen molar-refractivity contribution >= 4 is 15.9 Å². The Morgan fingerprint density at radius 2 is 2.06 bits per heavy atom. The fourth-order valence-corrected chi connectivity index (χ4v) is 2.42. The molecule has 0 aliphatic carbocycles. The third kappa shape index (κ3) is 2.39. The molecule has 0 spiro atoms. The van der Waals surface area contributed by atoms with Gasteiger partial charge in [0.25, 0.3) is 0 Å². The van der Waals surface area contributed by atoms with Crippen LogP contribution in [0.3, 0.4) is 0 Å². The maximum absolute atomic E-state index is 9.95. The SMILES string of the molecule is COc1cc(Br)ccc1[C@@H]1O[C@H](CO)[C@H](O)C1O. The van der Waals surface area contributed by atoms with Crippen molar-refractivity contribution in [1.29, 1.82) is 0 Å². The summed E-state index contributed by atoms with van der Waals surface area (Å²) in [6.45, 7) is -0.340. The van der Waals surface area contributed by atoms with Gasteiger partial charge in [0, 0.05) is 10.0 Å². The standard InChI is InChI=1S/C12H15BrO5/c1-17-8-4-6(13)2-3-7(8)12-11(16)10(15)9(5-14)18-12/h2-4,9-12,14-16H,5H2,1H3/t9-,10+,11?,12+/m1/s1. The number of benzene rings is 1. The minimum absolute atomic E-state index is 0.340. The van der Waals surface area contributed by atoms with Crippen molar-refractivity contribution in [1.82, 2.24) is 0 Å². The number of rotatable bonds is 3. The van der Waals surface area contributed by atoms with Crippen molar-refractivity contribution in [2.75, 3.05) is 13.7 Å². The largest absolute Gasteiger partial charge is 0.496 e. The summed E-state index contributed by atoms with van der Waals surface area (Å²) in [5.41, 5.74) is 0.642. The highest BCUT2D eigenvalue weighted by Crippen LogP contribution is 2.38. The van der Waals surface area contributed by atoms with Gasteiger partial charge in [-0.15, -0.1) is 0 Å². The van der Waals surface area contributed by atoms with E-state index in [2.05, 4.69) is 15.9 Å². The lowest BCUT2D eigenvalue weighted by atomic mass is 10.0. The minimum atomic E-state index is -1.10. The van der Waals surface area contributed by atoms with Crippen LogP contribution in [0.1, 0.15) is 11.7 Å². The molecule has 6 heteroatoms. The van der Waals surface area contributed by atoms with Gasteiger partial charge < -0.3 is 24.8 Å². The van der Waals surface area contributed by atoms with E-state index in [4.69, 9.17) is 14.6 Å². The van der Waals surface area contributed by atoms with Gasteiger partial charge in [0.1, 0.15) is 30.2 Å². The molecule has 1 aromatic carbocycles. The lowest BCUT2D eigenvalue weighted by Gasteiger charge is -2.18. The van der Waals surface area contributed by atoms with Crippen LogP contribution < -0.4 is 4.74 Å². The number of aliphatic hydroxyl groups excluding tert-OH is 3. The number of methoxy groups -OCH3 is 1. The Bertz CT molecular complexity index is 425. The van der Waals surface area contributed by atoms with Gasteiger partial charge in [-0.3, -0.25) is 0 Å². The predicted octanol–water partition coefficient (Wildman–Crippen LogP) is 0.612. The first kappa shape index (κ1) is 13.8. The molecular weight excluding hydrogens is 304 g/mol. The quantitative estimate of drug-likeness (QED) is 0.761. The van der Waals surface area contributed by atoms with Crippen LogP contribution in [0.15, 0.2) is 22.7 Å². The smallest absolute Gasteiger partial charge is 0.125 e. The Morgan fingerprint density at radius 1 is 1.33 bits per heavy atom. The third-order valence-corrected chi connectivity index (χ3v) is 3.54. The maximum Gasteiger partial charge on any atom is 0.125 e. The molecule has 18 heavy (non-hydrogen) atoms. The van der Waals surface area contributed by atoms with Gasteiger partial charge >= 0.3 is 0 Å². The average Bonchev–Trinajstić information content (AvgIpc) is 2.66. The van der Waals surface area contributed by atoms with Crippen molar-refractivity contribution in [3.05, 3.63) is 28.2 Å². The summed E-state index contributed by atoms with van der Waals surface area (Å²) in [5.74, 6) is 0.555. The Balaban J connectivity index is 2.32. The number of aliphatic hydroxyl groups is 3. The van der Waals surface area contributed by atoms with E-state index in [1.807, 2.05) is 0 Å². The zero-order valence-electron chi connectivity index (χ0n) is 9.78. The van der Waals surface area contributed by atoms with Crippen LogP contribution in [0.5, 0.6) is 5.75 Å². The third-order valence-electron chi connectivity index (χ3n) is 3.04. The first-order chi connectivity index (χ1) is 8.58. The van der Waals surface area contributed by atoms with Crippen LogP contribution in [0.4, 0.5) is 0 Å². The first-order valence-electron chi connectivity index (χ1n) is 5.54. The highest BCUT2D eigenvalue weighted by molar-refractivity contribution is 9.10. The summed E-state index contributed by atoms with van der Waals surface area (Å²) < 4.78 is 11.5. The van der Waals surface area contributed by atoms with E-state index in [9.17, 15) is 10.2 Å². The molecule has 1 fully saturated rings. The van der Waals surface area contributed by atoms with Gasteiger partial charge in [-0.05, 0) is 12.1 Å². The fourth-order valence-electron chi connectivity index (χ4n) is 2.08. The fraction of sp³-hybridized carbons (Fsp3) is 0.500. The van der Waals surface area contributed by atoms with Crippen LogP contribution >= 0.6 is 15.9 Å². The Hall–Kier alpha value is -0.660. The molecule has 1 saturated heterocycles. The Labute approximate surface area is 113 Å². The molecular formula is C12H15BrO5. The van der Waals surface area contributed by atoms with Crippen molar-refractivity contribution in [2.45, 2.75) is 24.4 Å². The van der Waals surface area contributed by atoms with Crippen LogP contribution in [-0.2, 0) is 4.74 Å². The second-order valence-electron chi connectivity index (χ2n) is 4.15. The number of hydrogen-bond acceptors (Lipinski definition) is 5. The van der Waals surface area contributed by atoms with Crippen molar-refractivity contribution in [2.24, 2.45) is 0 Å². The molecule has 100 valence electrons. The van der Waals surface area contributed by atoms with Crippen LogP contribution in [-0.4, -0.2) is 47.3 Å².